The lowest BCUT2D eigenvalue weighted by Crippen LogP contribution is -2.27. The zero-order valence-corrected chi connectivity index (χ0v) is 6.89. The molecule has 10 heavy (non-hydrogen) atoms. The van der Waals surface area contributed by atoms with Crippen LogP contribution in [0.4, 0.5) is 0 Å². The standard InChI is InChI=1S/C7H15N3/c1-4-9-6-10-7(2,3)5-8/h4-5,8H2,1-3H3. The van der Waals surface area contributed by atoms with E-state index < -0.39 is 0 Å². The average molecular weight is 141 g/mol. The van der Waals surface area contributed by atoms with Crippen LogP contribution in [0.2, 0.25) is 0 Å². The molecule has 0 saturated heterocycles. The number of hydrogen-bond acceptors (Lipinski definition) is 3. The molecule has 0 atom stereocenters. The van der Waals surface area contributed by atoms with Crippen molar-refractivity contribution in [2.75, 3.05) is 13.1 Å². The van der Waals surface area contributed by atoms with Crippen molar-refractivity contribution in [2.24, 2.45) is 15.7 Å². The highest BCUT2D eigenvalue weighted by Crippen LogP contribution is 2.03. The minimum Gasteiger partial charge on any atom is -0.328 e. The molecule has 0 aliphatic rings. The summed E-state index contributed by atoms with van der Waals surface area (Å²) < 4.78 is 0. The van der Waals surface area contributed by atoms with Crippen molar-refractivity contribution >= 4 is 6.01 Å². The molecular weight excluding hydrogens is 126 g/mol. The summed E-state index contributed by atoms with van der Waals surface area (Å²) in [7, 11) is 0. The second kappa shape index (κ2) is 4.20. The Kier molecular flexibility index (Phi) is 3.93. The van der Waals surface area contributed by atoms with Gasteiger partial charge in [0.2, 0.25) is 0 Å². The van der Waals surface area contributed by atoms with E-state index in [1.807, 2.05) is 20.8 Å². The van der Waals surface area contributed by atoms with Crippen molar-refractivity contribution in [2.45, 2.75) is 26.3 Å². The molecule has 0 rings (SSSR count). The minimum absolute atomic E-state index is 0.210. The van der Waals surface area contributed by atoms with E-state index in [1.54, 1.807) is 0 Å². The second-order valence-corrected chi connectivity index (χ2v) is 2.70. The van der Waals surface area contributed by atoms with Crippen LogP contribution >= 0.6 is 0 Å². The molecule has 0 fully saturated rings. The first-order valence-electron chi connectivity index (χ1n) is 3.46. The summed E-state index contributed by atoms with van der Waals surface area (Å²) >= 11 is 0. The van der Waals surface area contributed by atoms with Crippen molar-refractivity contribution in [3.63, 3.8) is 0 Å². The summed E-state index contributed by atoms with van der Waals surface area (Å²) in [5, 5.41) is 0. The van der Waals surface area contributed by atoms with E-state index >= 15 is 0 Å². The maximum atomic E-state index is 5.41. The van der Waals surface area contributed by atoms with Gasteiger partial charge in [-0.25, -0.2) is 9.98 Å². The van der Waals surface area contributed by atoms with Gasteiger partial charge < -0.3 is 5.73 Å². The summed E-state index contributed by atoms with van der Waals surface area (Å²) in [6, 6.07) is 2.60. The number of rotatable bonds is 3. The molecular formula is C7H15N3. The third-order valence-corrected chi connectivity index (χ3v) is 1.08. The number of nitrogens with two attached hydrogens (primary N) is 1. The molecule has 0 amide bonds. The predicted octanol–water partition coefficient (Wildman–Crippen LogP) is 0.917. The van der Waals surface area contributed by atoms with Crippen molar-refractivity contribution in [1.29, 1.82) is 0 Å². The van der Waals surface area contributed by atoms with Crippen LogP contribution in [0.1, 0.15) is 20.8 Å². The Labute approximate surface area is 62.1 Å². The lowest BCUT2D eigenvalue weighted by molar-refractivity contribution is 0.538. The van der Waals surface area contributed by atoms with E-state index in [2.05, 4.69) is 16.0 Å². The Morgan fingerprint density at radius 1 is 1.50 bits per heavy atom. The molecule has 0 saturated carbocycles. The molecule has 0 unspecified atom stereocenters. The monoisotopic (exact) mass is 141 g/mol. The van der Waals surface area contributed by atoms with Gasteiger partial charge in [-0.2, -0.15) is 0 Å². The molecule has 0 aliphatic carbocycles. The summed E-state index contributed by atoms with van der Waals surface area (Å²) in [5.41, 5.74) is 5.20. The van der Waals surface area contributed by atoms with E-state index in [0.717, 1.165) is 6.54 Å². The van der Waals surface area contributed by atoms with Crippen molar-refractivity contribution in [3.8, 4) is 0 Å². The molecule has 0 spiro atoms. The maximum Gasteiger partial charge on any atom is 0.0898 e. The van der Waals surface area contributed by atoms with Gasteiger partial charge in [-0.3, -0.25) is 0 Å². The fraction of sp³-hybridized carbons (Fsp3) is 0.857. The van der Waals surface area contributed by atoms with Gasteiger partial charge in [-0.05, 0) is 20.8 Å². The SMILES string of the molecule is CCN=C=NC(C)(C)CN. The second-order valence-electron chi connectivity index (χ2n) is 2.70. The van der Waals surface area contributed by atoms with Crippen molar-refractivity contribution < 1.29 is 0 Å². The molecule has 0 heterocycles. The average Bonchev–Trinajstić information content (AvgIpc) is 1.89. The smallest absolute Gasteiger partial charge is 0.0898 e. The molecule has 0 radical (unpaired) electrons. The molecule has 0 aromatic heterocycles. The molecule has 0 aliphatic heterocycles. The predicted molar refractivity (Wildman–Crippen MR) is 43.5 cm³/mol. The largest absolute Gasteiger partial charge is 0.328 e. The first kappa shape index (κ1) is 9.34. The number of aliphatic imine (C=N–C) groups is 2. The third-order valence-electron chi connectivity index (χ3n) is 1.08. The van der Waals surface area contributed by atoms with Crippen LogP contribution in [0, 0.1) is 0 Å². The van der Waals surface area contributed by atoms with Gasteiger partial charge in [0.05, 0.1) is 11.5 Å². The van der Waals surface area contributed by atoms with Crippen LogP contribution in [0.15, 0.2) is 9.98 Å². The third kappa shape index (κ3) is 4.24. The first-order chi connectivity index (χ1) is 4.62. The normalized spacial score (nSPS) is 10.4. The van der Waals surface area contributed by atoms with E-state index in [0.29, 0.717) is 6.54 Å². The Morgan fingerprint density at radius 3 is 2.50 bits per heavy atom. The summed E-state index contributed by atoms with van der Waals surface area (Å²) in [6.45, 7) is 7.09. The van der Waals surface area contributed by atoms with Gasteiger partial charge in [-0.15, -0.1) is 0 Å². The molecule has 0 aromatic rings. The maximum absolute atomic E-state index is 5.41. The Hall–Kier alpha value is -0.660. The fourth-order valence-corrected chi connectivity index (χ4v) is 0.287. The molecule has 0 aromatic carbocycles. The fourth-order valence-electron chi connectivity index (χ4n) is 0.287. The Bertz CT molecular complexity index is 143. The number of nitrogens with zero attached hydrogens (tertiary/aromatic N) is 2. The van der Waals surface area contributed by atoms with Crippen LogP contribution in [0.3, 0.4) is 0 Å². The Morgan fingerprint density at radius 2 is 2.10 bits per heavy atom. The van der Waals surface area contributed by atoms with Crippen molar-refractivity contribution in [1.82, 2.24) is 0 Å². The zero-order chi connectivity index (χ0) is 8.04. The highest BCUT2D eigenvalue weighted by Gasteiger charge is 2.11. The van der Waals surface area contributed by atoms with Crippen LogP contribution in [0.25, 0.3) is 0 Å². The van der Waals surface area contributed by atoms with Gasteiger partial charge in [-0.1, -0.05) is 0 Å². The van der Waals surface area contributed by atoms with E-state index in [1.165, 1.54) is 0 Å². The van der Waals surface area contributed by atoms with Gasteiger partial charge in [0, 0.05) is 13.1 Å². The van der Waals surface area contributed by atoms with Crippen molar-refractivity contribution in [3.05, 3.63) is 0 Å². The van der Waals surface area contributed by atoms with Crippen LogP contribution < -0.4 is 5.73 Å². The van der Waals surface area contributed by atoms with Gasteiger partial charge in [0.15, 0.2) is 0 Å². The van der Waals surface area contributed by atoms with Gasteiger partial charge >= 0.3 is 0 Å². The van der Waals surface area contributed by atoms with E-state index in [4.69, 9.17) is 5.73 Å². The lowest BCUT2D eigenvalue weighted by atomic mass is 10.1. The Balaban J connectivity index is 3.98. The minimum atomic E-state index is -0.210. The van der Waals surface area contributed by atoms with Crippen LogP contribution in [0.5, 0.6) is 0 Å². The van der Waals surface area contributed by atoms with Crippen LogP contribution in [-0.4, -0.2) is 24.6 Å². The number of hydrogen-bond donors (Lipinski definition) is 1. The molecule has 0 bridgehead atoms. The van der Waals surface area contributed by atoms with E-state index in [-0.39, 0.29) is 5.54 Å². The highest BCUT2D eigenvalue weighted by atomic mass is 14.9. The molecule has 58 valence electrons. The molecule has 3 nitrogen and oxygen atoms in total. The van der Waals surface area contributed by atoms with Gasteiger partial charge in [0.25, 0.3) is 0 Å². The summed E-state index contributed by atoms with van der Waals surface area (Å²) in [5.74, 6) is 0. The van der Waals surface area contributed by atoms with Gasteiger partial charge in [0.1, 0.15) is 0 Å². The summed E-state index contributed by atoms with van der Waals surface area (Å²) in [6.07, 6.45) is 0. The van der Waals surface area contributed by atoms with Crippen LogP contribution in [-0.2, 0) is 0 Å². The molecule has 2 N–H and O–H groups in total. The topological polar surface area (TPSA) is 50.7 Å². The van der Waals surface area contributed by atoms with E-state index in [9.17, 15) is 0 Å². The molecule has 3 heteroatoms. The highest BCUT2D eigenvalue weighted by molar-refractivity contribution is 5.42. The zero-order valence-electron chi connectivity index (χ0n) is 6.89. The lowest BCUT2D eigenvalue weighted by Gasteiger charge is -2.12. The quantitative estimate of drug-likeness (QED) is 0.584. The first-order valence-corrected chi connectivity index (χ1v) is 3.46. The summed E-state index contributed by atoms with van der Waals surface area (Å²) in [4.78, 5) is 7.86.